The lowest BCUT2D eigenvalue weighted by Gasteiger charge is -2.30. The number of ether oxygens (including phenoxy) is 2. The quantitative estimate of drug-likeness (QED) is 0.431. The monoisotopic (exact) mass is 482 g/mol. The van der Waals surface area contributed by atoms with Crippen molar-refractivity contribution in [1.29, 1.82) is 0 Å². The summed E-state index contributed by atoms with van der Waals surface area (Å²) in [5.74, 6) is 1.07. The third-order valence-electron chi connectivity index (χ3n) is 6.75. The van der Waals surface area contributed by atoms with E-state index in [2.05, 4.69) is 12.1 Å². The molecule has 0 unspecified atom stereocenters. The van der Waals surface area contributed by atoms with Crippen LogP contribution in [0.4, 0.5) is 4.39 Å². The minimum absolute atomic E-state index is 0.105. The first-order valence-electron chi connectivity index (χ1n) is 11.4. The van der Waals surface area contributed by atoms with E-state index >= 15 is 0 Å². The number of aryl methyl sites for hydroxylation is 1. The van der Waals surface area contributed by atoms with E-state index in [4.69, 9.17) is 14.5 Å². The van der Waals surface area contributed by atoms with Crippen molar-refractivity contribution in [2.24, 2.45) is 4.99 Å². The Kier molecular flexibility index (Phi) is 4.54. The molecule has 7 rings (SSSR count). The van der Waals surface area contributed by atoms with Gasteiger partial charge in [-0.2, -0.15) is 0 Å². The SMILES string of the molecule is O=c1/c(=C\c2ccc3c(c2)OCO3)sc2n1[C@H](c1ccc(F)cc1)C1=C(N=2)c2ccccc2CC1. The maximum Gasteiger partial charge on any atom is 0.271 e. The van der Waals surface area contributed by atoms with Crippen molar-refractivity contribution in [3.05, 3.63) is 120 Å². The zero-order valence-electron chi connectivity index (χ0n) is 18.5. The van der Waals surface area contributed by atoms with Gasteiger partial charge < -0.3 is 9.47 Å². The third kappa shape index (κ3) is 3.26. The van der Waals surface area contributed by atoms with Crippen LogP contribution in [0.15, 0.2) is 82.1 Å². The molecule has 0 amide bonds. The molecule has 0 spiro atoms. The number of hydrogen-bond donors (Lipinski definition) is 0. The Morgan fingerprint density at radius 2 is 1.83 bits per heavy atom. The average molecular weight is 483 g/mol. The van der Waals surface area contributed by atoms with Gasteiger partial charge in [0.05, 0.1) is 16.3 Å². The number of hydrogen-bond acceptors (Lipinski definition) is 5. The van der Waals surface area contributed by atoms with Crippen LogP contribution in [-0.2, 0) is 6.42 Å². The molecular weight excluding hydrogens is 463 g/mol. The van der Waals surface area contributed by atoms with Gasteiger partial charge in [-0.3, -0.25) is 9.36 Å². The van der Waals surface area contributed by atoms with Gasteiger partial charge in [-0.25, -0.2) is 9.38 Å². The van der Waals surface area contributed by atoms with E-state index in [9.17, 15) is 9.18 Å². The Labute approximate surface area is 203 Å². The van der Waals surface area contributed by atoms with Crippen molar-refractivity contribution in [3.8, 4) is 11.5 Å². The molecule has 172 valence electrons. The van der Waals surface area contributed by atoms with Crippen LogP contribution < -0.4 is 24.4 Å². The summed E-state index contributed by atoms with van der Waals surface area (Å²) >= 11 is 1.37. The minimum atomic E-state index is -0.325. The smallest absolute Gasteiger partial charge is 0.271 e. The summed E-state index contributed by atoms with van der Waals surface area (Å²) in [5, 5.41) is 0. The number of fused-ring (bicyclic) bond motifs is 4. The number of benzene rings is 3. The van der Waals surface area contributed by atoms with Crippen molar-refractivity contribution in [1.82, 2.24) is 4.57 Å². The normalized spacial score (nSPS) is 18.1. The Hall–Kier alpha value is -3.97. The van der Waals surface area contributed by atoms with Crippen LogP contribution in [0.1, 0.15) is 34.7 Å². The lowest BCUT2D eigenvalue weighted by atomic mass is 9.83. The summed E-state index contributed by atoms with van der Waals surface area (Å²) in [4.78, 5) is 19.4. The molecule has 3 heterocycles. The number of rotatable bonds is 2. The maximum absolute atomic E-state index is 13.8. The summed E-state index contributed by atoms with van der Waals surface area (Å²) in [6, 6.07) is 20.0. The predicted octanol–water partition coefficient (Wildman–Crippen LogP) is 4.19. The van der Waals surface area contributed by atoms with E-state index < -0.39 is 0 Å². The van der Waals surface area contributed by atoms with Crippen molar-refractivity contribution in [3.63, 3.8) is 0 Å². The van der Waals surface area contributed by atoms with Crippen LogP contribution >= 0.6 is 11.3 Å². The van der Waals surface area contributed by atoms with Gasteiger partial charge in [-0.05, 0) is 65.4 Å². The zero-order chi connectivity index (χ0) is 23.5. The second kappa shape index (κ2) is 7.78. The Morgan fingerprint density at radius 1 is 1.00 bits per heavy atom. The first-order chi connectivity index (χ1) is 17.2. The summed E-state index contributed by atoms with van der Waals surface area (Å²) in [6.45, 7) is 0.200. The molecule has 7 heteroatoms. The Morgan fingerprint density at radius 3 is 2.71 bits per heavy atom. The fraction of sp³-hybridized carbons (Fsp3) is 0.143. The molecule has 3 aromatic carbocycles. The number of thiazole rings is 1. The molecule has 2 aliphatic heterocycles. The van der Waals surface area contributed by atoms with Gasteiger partial charge in [0.25, 0.3) is 5.56 Å². The second-order valence-electron chi connectivity index (χ2n) is 8.78. The van der Waals surface area contributed by atoms with Crippen LogP contribution in [0.25, 0.3) is 11.8 Å². The summed E-state index contributed by atoms with van der Waals surface area (Å²) in [6.07, 6.45) is 3.54. The van der Waals surface area contributed by atoms with Crippen molar-refractivity contribution in [2.75, 3.05) is 6.79 Å². The molecule has 1 aliphatic carbocycles. The highest BCUT2D eigenvalue weighted by Crippen LogP contribution is 2.41. The van der Waals surface area contributed by atoms with E-state index in [-0.39, 0.29) is 24.2 Å². The topological polar surface area (TPSA) is 52.8 Å². The summed E-state index contributed by atoms with van der Waals surface area (Å²) < 4.78 is 27.0. The minimum Gasteiger partial charge on any atom is -0.454 e. The first kappa shape index (κ1) is 20.4. The van der Waals surface area contributed by atoms with Crippen molar-refractivity contribution < 1.29 is 13.9 Å². The molecule has 5 nitrogen and oxygen atoms in total. The van der Waals surface area contributed by atoms with Gasteiger partial charge in [0.2, 0.25) is 6.79 Å². The highest BCUT2D eigenvalue weighted by molar-refractivity contribution is 7.07. The predicted molar refractivity (Wildman–Crippen MR) is 132 cm³/mol. The molecule has 3 aliphatic rings. The molecular formula is C28H19FN2O3S. The fourth-order valence-electron chi connectivity index (χ4n) is 5.12. The fourth-order valence-corrected chi connectivity index (χ4v) is 6.12. The number of aromatic nitrogens is 1. The lowest BCUT2D eigenvalue weighted by molar-refractivity contribution is 0.174. The molecule has 1 atom stereocenters. The molecule has 0 radical (unpaired) electrons. The van der Waals surface area contributed by atoms with Gasteiger partial charge in [-0.1, -0.05) is 53.8 Å². The molecule has 0 fully saturated rings. The molecule has 0 N–H and O–H groups in total. The molecule has 0 saturated carbocycles. The summed E-state index contributed by atoms with van der Waals surface area (Å²) in [7, 11) is 0. The van der Waals surface area contributed by atoms with Crippen LogP contribution in [0.5, 0.6) is 11.5 Å². The van der Waals surface area contributed by atoms with Crippen LogP contribution in [-0.4, -0.2) is 11.4 Å². The number of allylic oxidation sites excluding steroid dienone is 1. The van der Waals surface area contributed by atoms with Crippen LogP contribution in [0.3, 0.4) is 0 Å². The van der Waals surface area contributed by atoms with Crippen LogP contribution in [0.2, 0.25) is 0 Å². The van der Waals surface area contributed by atoms with Gasteiger partial charge in [-0.15, -0.1) is 0 Å². The Bertz CT molecular complexity index is 1720. The third-order valence-corrected chi connectivity index (χ3v) is 7.74. The molecule has 4 aromatic rings. The van der Waals surface area contributed by atoms with Crippen molar-refractivity contribution in [2.45, 2.75) is 18.9 Å². The lowest BCUT2D eigenvalue weighted by Crippen LogP contribution is -2.38. The first-order valence-corrected chi connectivity index (χ1v) is 12.3. The maximum atomic E-state index is 13.8. The highest BCUT2D eigenvalue weighted by atomic mass is 32.1. The standard InChI is InChI=1S/C28H19FN2O3S/c29-19-9-6-18(7-10-19)26-21-11-8-17-3-1-2-4-20(17)25(21)30-28-31(26)27(32)24(35-28)14-16-5-12-22-23(13-16)34-15-33-22/h1-7,9-10,12-14,26H,8,11,15H2/b24-14+/t26-/m1/s1. The Balaban J connectivity index is 1.46. The highest BCUT2D eigenvalue weighted by Gasteiger charge is 2.32. The van der Waals surface area contributed by atoms with E-state index in [0.717, 1.165) is 40.8 Å². The van der Waals surface area contributed by atoms with E-state index in [1.165, 1.54) is 29.0 Å². The van der Waals surface area contributed by atoms with E-state index in [1.807, 2.05) is 36.4 Å². The second-order valence-corrected chi connectivity index (χ2v) is 9.79. The van der Waals surface area contributed by atoms with Gasteiger partial charge in [0.15, 0.2) is 16.3 Å². The number of halogens is 1. The van der Waals surface area contributed by atoms with E-state index in [0.29, 0.717) is 20.8 Å². The van der Waals surface area contributed by atoms with Crippen molar-refractivity contribution >= 4 is 23.1 Å². The van der Waals surface area contributed by atoms with Crippen LogP contribution in [0, 0.1) is 5.82 Å². The largest absolute Gasteiger partial charge is 0.454 e. The van der Waals surface area contributed by atoms with Gasteiger partial charge in [0.1, 0.15) is 5.82 Å². The van der Waals surface area contributed by atoms with Gasteiger partial charge in [0, 0.05) is 5.56 Å². The average Bonchev–Trinajstić information content (AvgIpc) is 3.47. The molecule has 35 heavy (non-hydrogen) atoms. The number of nitrogens with zero attached hydrogens (tertiary/aromatic N) is 2. The zero-order valence-corrected chi connectivity index (χ0v) is 19.3. The molecule has 0 bridgehead atoms. The van der Waals surface area contributed by atoms with E-state index in [1.54, 1.807) is 16.7 Å². The summed E-state index contributed by atoms with van der Waals surface area (Å²) in [5.41, 5.74) is 6.01. The van der Waals surface area contributed by atoms with Gasteiger partial charge >= 0.3 is 0 Å². The molecule has 1 aromatic heterocycles. The molecule has 0 saturated heterocycles.